The van der Waals surface area contributed by atoms with E-state index in [-0.39, 0.29) is 0 Å². The minimum Gasteiger partial charge on any atom is -0.398 e. The van der Waals surface area contributed by atoms with Gasteiger partial charge >= 0.3 is 0 Å². The minimum atomic E-state index is 0.531. The second kappa shape index (κ2) is 5.58. The first-order valence-electron chi connectivity index (χ1n) is 4.42. The van der Waals surface area contributed by atoms with Gasteiger partial charge in [-0.2, -0.15) is 0 Å². The van der Waals surface area contributed by atoms with Crippen LogP contribution in [0.1, 0.15) is 27.2 Å². The van der Waals surface area contributed by atoms with E-state index in [1.807, 2.05) is 26.0 Å². The Kier molecular flexibility index (Phi) is 5.09. The summed E-state index contributed by atoms with van der Waals surface area (Å²) >= 11 is 0. The molecule has 0 aromatic rings. The van der Waals surface area contributed by atoms with Crippen molar-refractivity contribution in [3.63, 3.8) is 0 Å². The highest BCUT2D eigenvalue weighted by atomic mass is 14.6. The SMILES string of the molecule is CC.CC1C=C(N)C(C=N)=CC1. The van der Waals surface area contributed by atoms with Gasteiger partial charge in [-0.3, -0.25) is 0 Å². The van der Waals surface area contributed by atoms with Crippen molar-refractivity contribution in [3.05, 3.63) is 23.4 Å². The molecule has 1 rings (SSSR count). The van der Waals surface area contributed by atoms with Gasteiger partial charge in [0.05, 0.1) is 0 Å². The van der Waals surface area contributed by atoms with Crippen molar-refractivity contribution in [3.8, 4) is 0 Å². The Labute approximate surface area is 74.7 Å². The van der Waals surface area contributed by atoms with Crippen LogP contribution in [0.25, 0.3) is 0 Å². The zero-order valence-corrected chi connectivity index (χ0v) is 8.09. The largest absolute Gasteiger partial charge is 0.398 e. The average molecular weight is 166 g/mol. The molecule has 0 heterocycles. The molecule has 3 N–H and O–H groups in total. The first-order chi connectivity index (χ1) is 5.74. The highest BCUT2D eigenvalue weighted by molar-refractivity contribution is 5.82. The molecule has 0 radical (unpaired) electrons. The Hall–Kier alpha value is -1.05. The van der Waals surface area contributed by atoms with E-state index in [4.69, 9.17) is 11.1 Å². The molecule has 1 unspecified atom stereocenters. The van der Waals surface area contributed by atoms with Crippen molar-refractivity contribution in [2.75, 3.05) is 0 Å². The summed E-state index contributed by atoms with van der Waals surface area (Å²) in [6.07, 6.45) is 6.32. The van der Waals surface area contributed by atoms with Crippen LogP contribution in [0.15, 0.2) is 23.4 Å². The molecule has 12 heavy (non-hydrogen) atoms. The fourth-order valence-corrected chi connectivity index (χ4v) is 1.04. The lowest BCUT2D eigenvalue weighted by atomic mass is 9.97. The van der Waals surface area contributed by atoms with E-state index in [9.17, 15) is 0 Å². The van der Waals surface area contributed by atoms with Gasteiger partial charge in [0.1, 0.15) is 0 Å². The zero-order valence-electron chi connectivity index (χ0n) is 8.09. The Balaban J connectivity index is 0.000000561. The van der Waals surface area contributed by atoms with Crippen molar-refractivity contribution in [2.45, 2.75) is 27.2 Å². The maximum Gasteiger partial charge on any atom is 0.0362 e. The van der Waals surface area contributed by atoms with Gasteiger partial charge in [0.25, 0.3) is 0 Å². The van der Waals surface area contributed by atoms with Crippen LogP contribution < -0.4 is 5.73 Å². The highest BCUT2D eigenvalue weighted by Gasteiger charge is 2.06. The van der Waals surface area contributed by atoms with Gasteiger partial charge in [0.2, 0.25) is 0 Å². The summed E-state index contributed by atoms with van der Waals surface area (Å²) in [6.45, 7) is 6.12. The number of hydrogen-bond donors (Lipinski definition) is 2. The van der Waals surface area contributed by atoms with Crippen molar-refractivity contribution in [1.29, 1.82) is 5.41 Å². The van der Waals surface area contributed by atoms with Crippen molar-refractivity contribution in [1.82, 2.24) is 0 Å². The monoisotopic (exact) mass is 166 g/mol. The minimum absolute atomic E-state index is 0.531. The molecular weight excluding hydrogens is 148 g/mol. The van der Waals surface area contributed by atoms with Crippen molar-refractivity contribution in [2.24, 2.45) is 11.7 Å². The van der Waals surface area contributed by atoms with Gasteiger partial charge in [-0.25, -0.2) is 0 Å². The predicted octanol–water partition coefficient (Wildman–Crippen LogP) is 2.47. The second-order valence-corrected chi connectivity index (χ2v) is 2.64. The quantitative estimate of drug-likeness (QED) is 0.578. The zero-order chi connectivity index (χ0) is 9.56. The molecule has 0 bridgehead atoms. The molecule has 0 spiro atoms. The molecule has 0 aromatic carbocycles. The van der Waals surface area contributed by atoms with Gasteiger partial charge in [-0.05, 0) is 12.3 Å². The normalized spacial score (nSPS) is 21.4. The molecule has 2 heteroatoms. The molecule has 2 nitrogen and oxygen atoms in total. The van der Waals surface area contributed by atoms with E-state index in [0.29, 0.717) is 5.92 Å². The third kappa shape index (κ3) is 2.91. The molecule has 0 amide bonds. The molecule has 68 valence electrons. The lowest BCUT2D eigenvalue weighted by Gasteiger charge is -2.12. The molecule has 1 aliphatic rings. The van der Waals surface area contributed by atoms with Gasteiger partial charge in [0, 0.05) is 17.5 Å². The summed E-state index contributed by atoms with van der Waals surface area (Å²) in [5.41, 5.74) is 7.23. The number of hydrogen-bond acceptors (Lipinski definition) is 2. The van der Waals surface area contributed by atoms with E-state index in [1.54, 1.807) is 0 Å². The predicted molar refractivity (Wildman–Crippen MR) is 54.3 cm³/mol. The molecule has 1 aliphatic carbocycles. The lowest BCUT2D eigenvalue weighted by molar-refractivity contribution is 0.724. The van der Waals surface area contributed by atoms with Crippen molar-refractivity contribution < 1.29 is 0 Å². The molecule has 1 atom stereocenters. The van der Waals surface area contributed by atoms with Crippen molar-refractivity contribution >= 4 is 6.21 Å². The Morgan fingerprint density at radius 2 is 2.17 bits per heavy atom. The van der Waals surface area contributed by atoms with E-state index >= 15 is 0 Å². The highest BCUT2D eigenvalue weighted by Crippen LogP contribution is 2.17. The summed E-state index contributed by atoms with van der Waals surface area (Å²) in [7, 11) is 0. The number of nitrogens with one attached hydrogen (secondary N) is 1. The van der Waals surface area contributed by atoms with E-state index in [1.165, 1.54) is 6.21 Å². The summed E-state index contributed by atoms with van der Waals surface area (Å²) in [4.78, 5) is 0. The lowest BCUT2D eigenvalue weighted by Crippen LogP contribution is -2.09. The summed E-state index contributed by atoms with van der Waals surface area (Å²) in [6, 6.07) is 0. The molecule has 0 saturated heterocycles. The smallest absolute Gasteiger partial charge is 0.0362 e. The summed E-state index contributed by atoms with van der Waals surface area (Å²) < 4.78 is 0. The topological polar surface area (TPSA) is 49.9 Å². The maximum atomic E-state index is 6.98. The number of nitrogens with two attached hydrogens (primary N) is 1. The third-order valence-electron chi connectivity index (χ3n) is 1.66. The molecule has 0 aromatic heterocycles. The van der Waals surface area contributed by atoms with Crippen LogP contribution >= 0.6 is 0 Å². The fourth-order valence-electron chi connectivity index (χ4n) is 1.04. The third-order valence-corrected chi connectivity index (χ3v) is 1.66. The van der Waals surface area contributed by atoms with Gasteiger partial charge < -0.3 is 11.1 Å². The second-order valence-electron chi connectivity index (χ2n) is 2.64. The molecular formula is C10H18N2. The molecule has 0 aliphatic heterocycles. The van der Waals surface area contributed by atoms with E-state index in [2.05, 4.69) is 6.92 Å². The first-order valence-corrected chi connectivity index (χ1v) is 4.42. The van der Waals surface area contributed by atoms with Crippen LogP contribution in [0.5, 0.6) is 0 Å². The first kappa shape index (κ1) is 11.0. The molecule has 0 fully saturated rings. The maximum absolute atomic E-state index is 6.98. The standard InChI is InChI=1S/C8H12N2.C2H6/c1-6-2-3-7(5-9)8(10)4-6;1-2/h3-6,9H,2,10H2,1H3;1-2H3. The number of allylic oxidation sites excluding steroid dienone is 3. The van der Waals surface area contributed by atoms with E-state index in [0.717, 1.165) is 17.7 Å². The fraction of sp³-hybridized carbons (Fsp3) is 0.500. The van der Waals surface area contributed by atoms with Crippen LogP contribution in [0.3, 0.4) is 0 Å². The molecule has 0 saturated carbocycles. The van der Waals surface area contributed by atoms with Crippen LogP contribution in [0.2, 0.25) is 0 Å². The summed E-state index contributed by atoms with van der Waals surface area (Å²) in [5, 5.41) is 6.98. The Morgan fingerprint density at radius 3 is 2.58 bits per heavy atom. The van der Waals surface area contributed by atoms with Crippen LogP contribution in [-0.4, -0.2) is 6.21 Å². The Morgan fingerprint density at radius 1 is 1.58 bits per heavy atom. The van der Waals surface area contributed by atoms with Crippen LogP contribution in [0.4, 0.5) is 0 Å². The van der Waals surface area contributed by atoms with Crippen LogP contribution in [0, 0.1) is 11.3 Å². The van der Waals surface area contributed by atoms with Gasteiger partial charge in [0.15, 0.2) is 0 Å². The average Bonchev–Trinajstić information content (AvgIpc) is 2.08. The van der Waals surface area contributed by atoms with Gasteiger partial charge in [-0.1, -0.05) is 32.9 Å². The Bertz CT molecular complexity index is 202. The van der Waals surface area contributed by atoms with E-state index < -0.39 is 0 Å². The van der Waals surface area contributed by atoms with Crippen LogP contribution in [-0.2, 0) is 0 Å². The number of rotatable bonds is 1. The summed E-state index contributed by atoms with van der Waals surface area (Å²) in [5.74, 6) is 0.531. The van der Waals surface area contributed by atoms with Gasteiger partial charge in [-0.15, -0.1) is 0 Å².